The van der Waals surface area contributed by atoms with Crippen molar-refractivity contribution in [2.24, 2.45) is 0 Å². The first kappa shape index (κ1) is 4.13. The van der Waals surface area contributed by atoms with Gasteiger partial charge in [0.1, 0.15) is 0 Å². The third kappa shape index (κ3) is 4.96. The van der Waals surface area contributed by atoms with Gasteiger partial charge in [0.15, 0.2) is 0 Å². The molecule has 0 amide bonds. The van der Waals surface area contributed by atoms with Crippen molar-refractivity contribution in [3.63, 3.8) is 0 Å². The molecule has 32 valence electrons. The highest BCUT2D eigenvalue weighted by atomic mass is 79.9. The summed E-state index contributed by atoms with van der Waals surface area (Å²) in [5.41, 5.74) is 0. The number of alkyl halides is 2. The minimum atomic E-state index is -0.0862. The second kappa shape index (κ2) is 4.96. The van der Waals surface area contributed by atoms with Gasteiger partial charge in [0.05, 0.1) is 0 Å². The van der Waals surface area contributed by atoms with Crippen LogP contribution in [0.4, 0.5) is 0 Å². The molecule has 0 spiro atoms. The van der Waals surface area contributed by atoms with Crippen LogP contribution in [0.1, 0.15) is 7.79 Å². The maximum Gasteiger partial charge on any atom is 0.0387 e. The van der Waals surface area contributed by atoms with Crippen molar-refractivity contribution < 1.29 is 1.37 Å². The zero-order valence-electron chi connectivity index (χ0n) is 3.75. The molecule has 0 saturated heterocycles. The standard InChI is InChI=1S/C3H6Br2/c4-2-1-3-5/h1-3H2/i2D. The Kier molecular flexibility index (Phi) is 4.09. The number of rotatable bonds is 2. The molecule has 1 atom stereocenters. The van der Waals surface area contributed by atoms with E-state index in [-0.39, 0.29) is 5.31 Å². The molecule has 2 heteroatoms. The van der Waals surface area contributed by atoms with Gasteiger partial charge in [0, 0.05) is 12.0 Å². The van der Waals surface area contributed by atoms with Crippen LogP contribution in [-0.2, 0) is 0 Å². The van der Waals surface area contributed by atoms with Crippen molar-refractivity contribution in [1.82, 2.24) is 0 Å². The van der Waals surface area contributed by atoms with Crippen molar-refractivity contribution in [1.29, 1.82) is 0 Å². The molecule has 0 fully saturated rings. The van der Waals surface area contributed by atoms with Crippen LogP contribution >= 0.6 is 31.9 Å². The van der Waals surface area contributed by atoms with Crippen LogP contribution < -0.4 is 0 Å². The molecule has 0 nitrogen and oxygen atoms in total. The van der Waals surface area contributed by atoms with E-state index in [0.717, 1.165) is 11.8 Å². The van der Waals surface area contributed by atoms with Crippen LogP contribution in [0.25, 0.3) is 0 Å². The van der Waals surface area contributed by atoms with E-state index in [1.54, 1.807) is 0 Å². The second-order valence-electron chi connectivity index (χ2n) is 0.632. The van der Waals surface area contributed by atoms with Gasteiger partial charge in [-0.15, -0.1) is 0 Å². The van der Waals surface area contributed by atoms with Gasteiger partial charge in [-0.25, -0.2) is 0 Å². The lowest BCUT2D eigenvalue weighted by Gasteiger charge is -1.76. The lowest BCUT2D eigenvalue weighted by Crippen LogP contribution is -1.69. The molecule has 0 aliphatic carbocycles. The van der Waals surface area contributed by atoms with E-state index in [4.69, 9.17) is 1.37 Å². The third-order valence-electron chi connectivity index (χ3n) is 0.218. The van der Waals surface area contributed by atoms with Crippen molar-refractivity contribution in [2.75, 3.05) is 10.6 Å². The van der Waals surface area contributed by atoms with Gasteiger partial charge in [-0.3, -0.25) is 0 Å². The zero-order valence-corrected chi connectivity index (χ0v) is 5.92. The summed E-state index contributed by atoms with van der Waals surface area (Å²) in [7, 11) is 0. The lowest BCUT2D eigenvalue weighted by atomic mass is 10.6. The zero-order chi connectivity index (χ0) is 4.99. The van der Waals surface area contributed by atoms with Gasteiger partial charge in [0.25, 0.3) is 0 Å². The molecule has 0 aliphatic rings. The summed E-state index contributed by atoms with van der Waals surface area (Å²) in [6, 6.07) is 0. The van der Waals surface area contributed by atoms with Crippen LogP contribution in [0.3, 0.4) is 0 Å². The Labute approximate surface area is 50.6 Å². The molecule has 0 radical (unpaired) electrons. The molecule has 0 N–H and O–H groups in total. The lowest BCUT2D eigenvalue weighted by molar-refractivity contribution is 1.15. The normalized spacial score (nSPS) is 17.6. The van der Waals surface area contributed by atoms with Gasteiger partial charge >= 0.3 is 0 Å². The minimum absolute atomic E-state index is 0.0862. The molecule has 0 aromatic carbocycles. The fourth-order valence-corrected chi connectivity index (χ4v) is 1.11. The van der Waals surface area contributed by atoms with Crippen molar-refractivity contribution >= 4 is 31.9 Å². The molecule has 0 heterocycles. The van der Waals surface area contributed by atoms with E-state index < -0.39 is 0 Å². The van der Waals surface area contributed by atoms with Crippen LogP contribution in [0.15, 0.2) is 0 Å². The first-order chi connectivity index (χ1) is 2.77. The van der Waals surface area contributed by atoms with E-state index in [1.165, 1.54) is 0 Å². The molecule has 0 bridgehead atoms. The Morgan fingerprint density at radius 2 is 2.20 bits per heavy atom. The van der Waals surface area contributed by atoms with Crippen LogP contribution in [0, 0.1) is 0 Å². The molecule has 5 heavy (non-hydrogen) atoms. The van der Waals surface area contributed by atoms with Crippen molar-refractivity contribution in [3.05, 3.63) is 0 Å². The topological polar surface area (TPSA) is 0 Å². The summed E-state index contributed by atoms with van der Waals surface area (Å²) in [5, 5.41) is 0.823. The summed E-state index contributed by atoms with van der Waals surface area (Å²) >= 11 is 6.27. The van der Waals surface area contributed by atoms with Crippen LogP contribution in [-0.4, -0.2) is 10.6 Å². The maximum atomic E-state index is 6.86. The van der Waals surface area contributed by atoms with E-state index in [9.17, 15) is 0 Å². The molecule has 0 aromatic heterocycles. The Hall–Kier alpha value is 0.960. The molecule has 0 saturated carbocycles. The van der Waals surface area contributed by atoms with Gasteiger partial charge in [-0.05, 0) is 6.42 Å². The molecule has 0 aromatic rings. The van der Waals surface area contributed by atoms with Gasteiger partial charge < -0.3 is 0 Å². The smallest absolute Gasteiger partial charge is 0.0387 e. The average Bonchev–Trinajstić information content (AvgIpc) is 1.35. The fraction of sp³-hybridized carbons (Fsp3) is 1.00. The van der Waals surface area contributed by atoms with E-state index in [0.29, 0.717) is 0 Å². The minimum Gasteiger partial charge on any atom is -0.0928 e. The highest BCUT2D eigenvalue weighted by molar-refractivity contribution is 9.09. The highest BCUT2D eigenvalue weighted by Gasteiger charge is 1.71. The van der Waals surface area contributed by atoms with E-state index >= 15 is 0 Å². The Morgan fingerprint density at radius 1 is 1.60 bits per heavy atom. The predicted octanol–water partition coefficient (Wildman–Crippen LogP) is 2.17. The SMILES string of the molecule is [2H]C(Br)CCBr. The summed E-state index contributed by atoms with van der Waals surface area (Å²) in [4.78, 5) is 0. The summed E-state index contributed by atoms with van der Waals surface area (Å²) in [5.74, 6) is 0. The molecule has 0 aliphatic heterocycles. The highest BCUT2D eigenvalue weighted by Crippen LogP contribution is 1.90. The Bertz CT molecular complexity index is 30.0. The summed E-state index contributed by atoms with van der Waals surface area (Å²) < 4.78 is 6.86. The fourth-order valence-electron chi connectivity index (χ4n) is 0.0412. The Morgan fingerprint density at radius 3 is 2.20 bits per heavy atom. The number of halogens is 2. The average molecular weight is 203 g/mol. The summed E-state index contributed by atoms with van der Waals surface area (Å²) in [6.07, 6.45) is 0.875. The first-order valence-electron chi connectivity index (χ1n) is 1.97. The number of hydrogen-bond donors (Lipinski definition) is 0. The third-order valence-corrected chi connectivity index (χ3v) is 1.13. The Balaban J connectivity index is 2.63. The monoisotopic (exact) mass is 201 g/mol. The van der Waals surface area contributed by atoms with Crippen LogP contribution in [0.5, 0.6) is 0 Å². The van der Waals surface area contributed by atoms with Gasteiger partial charge in [-0.2, -0.15) is 0 Å². The predicted molar refractivity (Wildman–Crippen MR) is 32.2 cm³/mol. The van der Waals surface area contributed by atoms with Gasteiger partial charge in [-0.1, -0.05) is 31.9 Å². The molecular formula is C3H6Br2. The first-order valence-corrected chi connectivity index (χ1v) is 3.43. The van der Waals surface area contributed by atoms with Crippen molar-refractivity contribution in [3.8, 4) is 0 Å². The maximum absolute atomic E-state index is 6.86. The molecule has 1 unspecified atom stereocenters. The van der Waals surface area contributed by atoms with Crippen LogP contribution in [0.2, 0.25) is 0 Å². The number of hydrogen-bond acceptors (Lipinski definition) is 0. The quantitative estimate of drug-likeness (QED) is 0.603. The van der Waals surface area contributed by atoms with Gasteiger partial charge in [0.2, 0.25) is 0 Å². The largest absolute Gasteiger partial charge is 0.0928 e. The molecule has 0 rings (SSSR count). The van der Waals surface area contributed by atoms with E-state index in [1.807, 2.05) is 0 Å². The molecular weight excluding hydrogens is 196 g/mol. The van der Waals surface area contributed by atoms with Crippen molar-refractivity contribution in [2.45, 2.75) is 6.42 Å². The van der Waals surface area contributed by atoms with E-state index in [2.05, 4.69) is 31.9 Å². The second-order valence-corrected chi connectivity index (χ2v) is 2.07. The summed E-state index contributed by atoms with van der Waals surface area (Å²) in [6.45, 7) is 0.